The number of fused-ring (bicyclic) bond motifs is 1. The second-order valence-electron chi connectivity index (χ2n) is 8.79. The van der Waals surface area contributed by atoms with Gasteiger partial charge in [0.15, 0.2) is 0 Å². The Morgan fingerprint density at radius 2 is 2.08 bits per heavy atom. The number of rotatable bonds is 4. The van der Waals surface area contributed by atoms with Crippen LogP contribution in [0.3, 0.4) is 0 Å². The summed E-state index contributed by atoms with van der Waals surface area (Å²) in [5, 5.41) is 0. The van der Waals surface area contributed by atoms with Crippen molar-refractivity contribution in [3.63, 3.8) is 0 Å². The summed E-state index contributed by atoms with van der Waals surface area (Å²) in [6, 6.07) is 6.77. The monoisotopic (exact) mass is 355 g/mol. The molecule has 3 fully saturated rings. The Balaban J connectivity index is 1.70. The molecule has 0 aromatic heterocycles. The van der Waals surface area contributed by atoms with Crippen molar-refractivity contribution in [1.82, 2.24) is 4.90 Å². The topological polar surface area (TPSA) is 38.8 Å². The number of hydrogen-bond acceptors (Lipinski definition) is 4. The number of carbonyl (C=O) groups excluding carboxylic acids is 1. The average Bonchev–Trinajstić information content (AvgIpc) is 3.47. The average molecular weight is 355 g/mol. The summed E-state index contributed by atoms with van der Waals surface area (Å²) in [4.78, 5) is 15.3. The van der Waals surface area contributed by atoms with E-state index in [1.54, 1.807) is 7.11 Å². The van der Waals surface area contributed by atoms with Gasteiger partial charge in [0.2, 0.25) is 0 Å². The van der Waals surface area contributed by atoms with Crippen LogP contribution in [0.25, 0.3) is 0 Å². The highest BCUT2D eigenvalue weighted by atomic mass is 16.5. The molecule has 4 aliphatic rings. The van der Waals surface area contributed by atoms with Gasteiger partial charge in [-0.05, 0) is 56.2 Å². The van der Waals surface area contributed by atoms with Crippen molar-refractivity contribution in [1.29, 1.82) is 0 Å². The Morgan fingerprint density at radius 3 is 2.81 bits per heavy atom. The van der Waals surface area contributed by atoms with Crippen LogP contribution in [-0.2, 0) is 21.4 Å². The van der Waals surface area contributed by atoms with E-state index in [4.69, 9.17) is 9.47 Å². The highest BCUT2D eigenvalue weighted by molar-refractivity contribution is 5.83. The van der Waals surface area contributed by atoms with Crippen LogP contribution in [0, 0.1) is 5.92 Å². The van der Waals surface area contributed by atoms with Gasteiger partial charge in [0.05, 0.1) is 12.7 Å². The van der Waals surface area contributed by atoms with Gasteiger partial charge < -0.3 is 9.47 Å². The zero-order valence-corrected chi connectivity index (χ0v) is 15.9. The van der Waals surface area contributed by atoms with E-state index >= 15 is 0 Å². The molecule has 0 radical (unpaired) electrons. The lowest BCUT2D eigenvalue weighted by atomic mass is 9.49. The molecule has 0 spiro atoms. The third kappa shape index (κ3) is 2.12. The van der Waals surface area contributed by atoms with Crippen molar-refractivity contribution in [2.24, 2.45) is 5.92 Å². The van der Waals surface area contributed by atoms with Crippen LogP contribution in [0.15, 0.2) is 18.2 Å². The molecule has 0 N–H and O–H groups in total. The third-order valence-corrected chi connectivity index (χ3v) is 7.67. The number of nitrogens with zero attached hydrogens (tertiary/aromatic N) is 1. The standard InChI is InChI=1S/C22H29NO3/c1-25-18-5-3-4-16-12-19-22(26-2)9-8-17(24)13-21(22,20(16)18)10-11-23(19)14-15-6-7-15/h3-5,15,19H,6-14H2,1-2H3/t19-,21+,22+/m1/s1. The number of Topliss-reactive ketones (excluding diaryl/α,β-unsaturated/α-hetero) is 1. The van der Waals surface area contributed by atoms with Crippen LogP contribution in [-0.4, -0.2) is 49.6 Å². The molecule has 4 heteroatoms. The van der Waals surface area contributed by atoms with E-state index in [-0.39, 0.29) is 11.0 Å². The molecule has 0 amide bonds. The fourth-order valence-corrected chi connectivity index (χ4v) is 6.38. The molecule has 2 saturated carbocycles. The molecule has 26 heavy (non-hydrogen) atoms. The minimum Gasteiger partial charge on any atom is -0.496 e. The van der Waals surface area contributed by atoms with Crippen molar-refractivity contribution in [2.75, 3.05) is 27.3 Å². The zero-order valence-electron chi connectivity index (χ0n) is 15.9. The first-order valence-electron chi connectivity index (χ1n) is 10.1. The predicted octanol–water partition coefficient (Wildman–Crippen LogP) is 3.11. The number of carbonyl (C=O) groups is 1. The van der Waals surface area contributed by atoms with Crippen LogP contribution in [0.4, 0.5) is 0 Å². The van der Waals surface area contributed by atoms with Crippen LogP contribution >= 0.6 is 0 Å². The summed E-state index contributed by atoms with van der Waals surface area (Å²) in [7, 11) is 3.62. The van der Waals surface area contributed by atoms with E-state index < -0.39 is 0 Å². The number of benzene rings is 1. The number of likely N-dealkylation sites (tertiary alicyclic amines) is 1. The highest BCUT2D eigenvalue weighted by Gasteiger charge is 2.66. The van der Waals surface area contributed by atoms with Crippen molar-refractivity contribution in [2.45, 2.75) is 62.0 Å². The van der Waals surface area contributed by atoms with E-state index in [2.05, 4.69) is 23.1 Å². The number of ketones is 1. The lowest BCUT2D eigenvalue weighted by molar-refractivity contribution is -0.188. The summed E-state index contributed by atoms with van der Waals surface area (Å²) in [5.41, 5.74) is 2.12. The Kier molecular flexibility index (Phi) is 3.74. The van der Waals surface area contributed by atoms with Crippen molar-refractivity contribution in [3.05, 3.63) is 29.3 Å². The molecule has 3 atom stereocenters. The number of piperidine rings is 1. The molecule has 140 valence electrons. The number of ether oxygens (including phenoxy) is 2. The molecule has 1 heterocycles. The predicted molar refractivity (Wildman–Crippen MR) is 99.7 cm³/mol. The van der Waals surface area contributed by atoms with Gasteiger partial charge in [-0.25, -0.2) is 0 Å². The first kappa shape index (κ1) is 16.8. The second kappa shape index (κ2) is 5.80. The lowest BCUT2D eigenvalue weighted by Crippen LogP contribution is -2.74. The van der Waals surface area contributed by atoms with Crippen LogP contribution < -0.4 is 4.74 Å². The molecule has 1 saturated heterocycles. The Morgan fingerprint density at radius 1 is 1.23 bits per heavy atom. The minimum absolute atomic E-state index is 0.234. The molecule has 0 unspecified atom stereocenters. The van der Waals surface area contributed by atoms with Gasteiger partial charge in [-0.1, -0.05) is 12.1 Å². The van der Waals surface area contributed by atoms with Crippen LogP contribution in [0.2, 0.25) is 0 Å². The van der Waals surface area contributed by atoms with Gasteiger partial charge in [-0.15, -0.1) is 0 Å². The van der Waals surface area contributed by atoms with Crippen molar-refractivity contribution in [3.8, 4) is 5.75 Å². The summed E-state index contributed by atoms with van der Waals surface area (Å²) in [6.45, 7) is 2.26. The van der Waals surface area contributed by atoms with E-state index in [0.717, 1.165) is 37.5 Å². The highest BCUT2D eigenvalue weighted by Crippen LogP contribution is 2.61. The molecule has 3 aliphatic carbocycles. The maximum Gasteiger partial charge on any atom is 0.134 e. The summed E-state index contributed by atoms with van der Waals surface area (Å²) < 4.78 is 12.2. The Bertz CT molecular complexity index is 743. The molecule has 4 nitrogen and oxygen atoms in total. The Hall–Kier alpha value is -1.39. The van der Waals surface area contributed by atoms with Gasteiger partial charge in [0, 0.05) is 43.5 Å². The Labute approximate surface area is 155 Å². The fraction of sp³-hybridized carbons (Fsp3) is 0.682. The summed E-state index contributed by atoms with van der Waals surface area (Å²) in [5.74, 6) is 2.19. The first-order valence-corrected chi connectivity index (χ1v) is 10.1. The summed E-state index contributed by atoms with van der Waals surface area (Å²) >= 11 is 0. The first-order chi connectivity index (χ1) is 12.6. The van der Waals surface area contributed by atoms with E-state index in [1.807, 2.05) is 7.11 Å². The molecule has 2 bridgehead atoms. The smallest absolute Gasteiger partial charge is 0.134 e. The van der Waals surface area contributed by atoms with Gasteiger partial charge in [0.1, 0.15) is 11.5 Å². The lowest BCUT2D eigenvalue weighted by Gasteiger charge is -2.65. The minimum atomic E-state index is -0.268. The van der Waals surface area contributed by atoms with Crippen molar-refractivity contribution >= 4 is 5.78 Å². The van der Waals surface area contributed by atoms with E-state index in [0.29, 0.717) is 24.7 Å². The quantitative estimate of drug-likeness (QED) is 0.832. The van der Waals surface area contributed by atoms with Crippen LogP contribution in [0.5, 0.6) is 5.75 Å². The molecular formula is C22H29NO3. The normalized spacial score (nSPS) is 36.4. The molecule has 1 aromatic rings. The van der Waals surface area contributed by atoms with Gasteiger partial charge in [-0.3, -0.25) is 9.69 Å². The summed E-state index contributed by atoms with van der Waals surface area (Å²) in [6.07, 6.45) is 6.82. The largest absolute Gasteiger partial charge is 0.496 e. The maximum absolute atomic E-state index is 12.6. The van der Waals surface area contributed by atoms with Gasteiger partial charge >= 0.3 is 0 Å². The second-order valence-corrected chi connectivity index (χ2v) is 8.79. The zero-order chi connectivity index (χ0) is 17.9. The maximum atomic E-state index is 12.6. The van der Waals surface area contributed by atoms with Gasteiger partial charge in [-0.2, -0.15) is 0 Å². The SMILES string of the molecule is COc1cccc2c1[C@@]13CCN(CC4CC4)[C@H](C2)[C@@]1(OC)CCC(=O)C3. The van der Waals surface area contributed by atoms with Gasteiger partial charge in [0.25, 0.3) is 0 Å². The molecule has 5 rings (SSSR count). The van der Waals surface area contributed by atoms with E-state index in [1.165, 1.54) is 30.5 Å². The van der Waals surface area contributed by atoms with Crippen LogP contribution in [0.1, 0.15) is 49.7 Å². The molecular weight excluding hydrogens is 326 g/mol. The number of methoxy groups -OCH3 is 2. The third-order valence-electron chi connectivity index (χ3n) is 7.67. The number of hydrogen-bond donors (Lipinski definition) is 0. The van der Waals surface area contributed by atoms with E-state index in [9.17, 15) is 4.79 Å². The molecule has 1 aromatic carbocycles. The molecule has 1 aliphatic heterocycles. The fourth-order valence-electron chi connectivity index (χ4n) is 6.38. The van der Waals surface area contributed by atoms with Crippen molar-refractivity contribution < 1.29 is 14.3 Å².